The number of hydrogen-bond donors (Lipinski definition) is 0. The highest BCUT2D eigenvalue weighted by molar-refractivity contribution is 6.16. The number of para-hydroxylation sites is 2. The molecule has 98 valence electrons. The van der Waals surface area contributed by atoms with E-state index in [9.17, 15) is 0 Å². The lowest BCUT2D eigenvalue weighted by molar-refractivity contribution is 0.129. The zero-order valence-corrected chi connectivity index (χ0v) is 11.5. The summed E-state index contributed by atoms with van der Waals surface area (Å²) in [6.45, 7) is 4.66. The van der Waals surface area contributed by atoms with Crippen LogP contribution in [0.4, 0.5) is 0 Å². The zero-order chi connectivity index (χ0) is 12.8. The van der Waals surface area contributed by atoms with Crippen LogP contribution < -0.4 is 0 Å². The highest BCUT2D eigenvalue weighted by Gasteiger charge is 2.08. The molecule has 0 aliphatic carbocycles. The highest BCUT2D eigenvalue weighted by atomic mass is 35.5. The first-order chi connectivity index (χ1) is 8.86. The van der Waals surface area contributed by atoms with Gasteiger partial charge in [0.25, 0.3) is 0 Å². The number of ether oxygens (including phenoxy) is 1. The molecule has 2 aromatic rings. The molecule has 0 atom stereocenters. The lowest BCUT2D eigenvalue weighted by Gasteiger charge is -2.07. The molecule has 0 aliphatic rings. The zero-order valence-electron chi connectivity index (χ0n) is 10.7. The van der Waals surface area contributed by atoms with Crippen LogP contribution in [0.2, 0.25) is 0 Å². The van der Waals surface area contributed by atoms with Crippen molar-refractivity contribution in [1.82, 2.24) is 9.55 Å². The molecule has 0 spiro atoms. The summed E-state index contributed by atoms with van der Waals surface area (Å²) in [7, 11) is 0. The molecule has 0 unspecified atom stereocenters. The summed E-state index contributed by atoms with van der Waals surface area (Å²) >= 11 is 5.95. The van der Waals surface area contributed by atoms with E-state index in [4.69, 9.17) is 16.3 Å². The van der Waals surface area contributed by atoms with Gasteiger partial charge in [0.15, 0.2) is 0 Å². The summed E-state index contributed by atoms with van der Waals surface area (Å²) in [6, 6.07) is 8.15. The van der Waals surface area contributed by atoms with Crippen LogP contribution in [0.25, 0.3) is 11.0 Å². The number of rotatable bonds is 7. The van der Waals surface area contributed by atoms with Gasteiger partial charge in [-0.05, 0) is 25.0 Å². The van der Waals surface area contributed by atoms with Crippen LogP contribution in [0.5, 0.6) is 0 Å². The average molecular weight is 267 g/mol. The first-order valence-corrected chi connectivity index (χ1v) is 6.98. The Morgan fingerprint density at radius 2 is 2.11 bits per heavy atom. The number of alkyl halides is 1. The summed E-state index contributed by atoms with van der Waals surface area (Å²) in [6.07, 6.45) is 2.06. The summed E-state index contributed by atoms with van der Waals surface area (Å²) in [5.41, 5.74) is 2.17. The molecule has 0 bridgehead atoms. The molecule has 3 nitrogen and oxygen atoms in total. The largest absolute Gasteiger partial charge is 0.381 e. The van der Waals surface area contributed by atoms with Crippen molar-refractivity contribution in [1.29, 1.82) is 0 Å². The predicted molar refractivity (Wildman–Crippen MR) is 75.0 cm³/mol. The molecule has 0 amide bonds. The smallest absolute Gasteiger partial charge is 0.124 e. The molecule has 0 aliphatic heterocycles. The van der Waals surface area contributed by atoms with E-state index in [1.54, 1.807) is 0 Å². The molecule has 0 N–H and O–H groups in total. The van der Waals surface area contributed by atoms with Gasteiger partial charge in [-0.25, -0.2) is 4.98 Å². The number of imidazole rings is 1. The van der Waals surface area contributed by atoms with E-state index >= 15 is 0 Å². The van der Waals surface area contributed by atoms with E-state index in [0.29, 0.717) is 5.88 Å². The first-order valence-electron chi connectivity index (χ1n) is 6.44. The molecule has 1 heterocycles. The molecule has 18 heavy (non-hydrogen) atoms. The average Bonchev–Trinajstić information content (AvgIpc) is 2.77. The molecule has 1 aromatic carbocycles. The van der Waals surface area contributed by atoms with Crippen molar-refractivity contribution >= 4 is 22.6 Å². The Hall–Kier alpha value is -1.06. The number of aromatic nitrogens is 2. The molecule has 0 saturated heterocycles. The Balaban J connectivity index is 2.06. The van der Waals surface area contributed by atoms with E-state index in [1.165, 1.54) is 0 Å². The van der Waals surface area contributed by atoms with Crippen LogP contribution in [0.15, 0.2) is 24.3 Å². The lowest BCUT2D eigenvalue weighted by atomic mass is 10.3. The maximum Gasteiger partial charge on any atom is 0.124 e. The fourth-order valence-electron chi connectivity index (χ4n) is 2.05. The maximum atomic E-state index is 5.95. The van der Waals surface area contributed by atoms with Gasteiger partial charge in [0.2, 0.25) is 0 Å². The summed E-state index contributed by atoms with van der Waals surface area (Å²) in [5, 5.41) is 0. The van der Waals surface area contributed by atoms with E-state index < -0.39 is 0 Å². The second-order valence-electron chi connectivity index (χ2n) is 4.27. The molecule has 0 saturated carbocycles. The summed E-state index contributed by atoms with van der Waals surface area (Å²) in [4.78, 5) is 4.54. The first kappa shape index (κ1) is 13.4. The third-order valence-corrected chi connectivity index (χ3v) is 3.11. The van der Waals surface area contributed by atoms with Crippen molar-refractivity contribution in [2.24, 2.45) is 0 Å². The van der Waals surface area contributed by atoms with Crippen LogP contribution in [-0.2, 0) is 17.2 Å². The van der Waals surface area contributed by atoms with Gasteiger partial charge in [-0.15, -0.1) is 11.6 Å². The van der Waals surface area contributed by atoms with Crippen molar-refractivity contribution in [3.63, 3.8) is 0 Å². The lowest BCUT2D eigenvalue weighted by Crippen LogP contribution is -2.06. The number of aryl methyl sites for hydroxylation is 1. The predicted octanol–water partition coefficient (Wildman–Crippen LogP) is 3.59. The molecule has 4 heteroatoms. The monoisotopic (exact) mass is 266 g/mol. The Labute approximate surface area is 113 Å². The fourth-order valence-corrected chi connectivity index (χ4v) is 2.25. The minimum Gasteiger partial charge on any atom is -0.381 e. The van der Waals surface area contributed by atoms with Crippen LogP contribution >= 0.6 is 11.6 Å². The number of hydrogen-bond acceptors (Lipinski definition) is 2. The summed E-state index contributed by atoms with van der Waals surface area (Å²) < 4.78 is 7.69. The van der Waals surface area contributed by atoms with Crippen molar-refractivity contribution in [3.8, 4) is 0 Å². The Bertz CT molecular complexity index is 495. The second-order valence-corrected chi connectivity index (χ2v) is 4.54. The minimum atomic E-state index is 0.449. The van der Waals surface area contributed by atoms with E-state index in [0.717, 1.165) is 49.5 Å². The van der Waals surface area contributed by atoms with E-state index in [2.05, 4.69) is 22.5 Å². The number of fused-ring (bicyclic) bond motifs is 1. The standard InChI is InChI=1S/C14H19ClN2O/c1-2-9-18-10-5-8-17-13-7-4-3-6-12(13)16-14(17)11-15/h3-4,6-7H,2,5,8-11H2,1H3. The third-order valence-electron chi connectivity index (χ3n) is 2.87. The van der Waals surface area contributed by atoms with Crippen LogP contribution in [0, 0.1) is 0 Å². The number of nitrogens with zero attached hydrogens (tertiary/aromatic N) is 2. The van der Waals surface area contributed by atoms with Crippen molar-refractivity contribution in [2.45, 2.75) is 32.2 Å². The Morgan fingerprint density at radius 1 is 1.28 bits per heavy atom. The van der Waals surface area contributed by atoms with Gasteiger partial charge in [0, 0.05) is 19.8 Å². The van der Waals surface area contributed by atoms with Gasteiger partial charge in [0.1, 0.15) is 5.82 Å². The fraction of sp³-hybridized carbons (Fsp3) is 0.500. The molecule has 2 rings (SSSR count). The number of benzene rings is 1. The van der Waals surface area contributed by atoms with Gasteiger partial charge in [-0.3, -0.25) is 0 Å². The Morgan fingerprint density at radius 3 is 2.89 bits per heavy atom. The normalized spacial score (nSPS) is 11.2. The SMILES string of the molecule is CCCOCCCn1c(CCl)nc2ccccc21. The quantitative estimate of drug-likeness (QED) is 0.566. The third kappa shape index (κ3) is 3.03. The second kappa shape index (κ2) is 6.76. The van der Waals surface area contributed by atoms with Gasteiger partial charge < -0.3 is 9.30 Å². The Kier molecular flexibility index (Phi) is 5.02. The maximum absolute atomic E-state index is 5.95. The van der Waals surface area contributed by atoms with Crippen LogP contribution in [-0.4, -0.2) is 22.8 Å². The molecule has 0 fully saturated rings. The van der Waals surface area contributed by atoms with Gasteiger partial charge in [-0.1, -0.05) is 19.1 Å². The highest BCUT2D eigenvalue weighted by Crippen LogP contribution is 2.17. The van der Waals surface area contributed by atoms with Crippen molar-refractivity contribution < 1.29 is 4.74 Å². The topological polar surface area (TPSA) is 27.1 Å². The molecular weight excluding hydrogens is 248 g/mol. The van der Waals surface area contributed by atoms with Gasteiger partial charge >= 0.3 is 0 Å². The van der Waals surface area contributed by atoms with E-state index in [-0.39, 0.29) is 0 Å². The minimum absolute atomic E-state index is 0.449. The number of halogens is 1. The molecule has 0 radical (unpaired) electrons. The van der Waals surface area contributed by atoms with Crippen LogP contribution in [0.3, 0.4) is 0 Å². The van der Waals surface area contributed by atoms with Crippen LogP contribution in [0.1, 0.15) is 25.6 Å². The van der Waals surface area contributed by atoms with Gasteiger partial charge in [-0.2, -0.15) is 0 Å². The molecule has 1 aromatic heterocycles. The van der Waals surface area contributed by atoms with Crippen molar-refractivity contribution in [3.05, 3.63) is 30.1 Å². The summed E-state index contributed by atoms with van der Waals surface area (Å²) in [5.74, 6) is 1.39. The van der Waals surface area contributed by atoms with Crippen molar-refractivity contribution in [2.75, 3.05) is 13.2 Å². The van der Waals surface area contributed by atoms with E-state index in [1.807, 2.05) is 18.2 Å². The molecular formula is C14H19ClN2O. The van der Waals surface area contributed by atoms with Gasteiger partial charge in [0.05, 0.1) is 16.9 Å².